The molecule has 0 unspecified atom stereocenters. The number of methoxy groups -OCH3 is 2. The maximum Gasteiger partial charge on any atom is 0.316 e. The molecule has 0 saturated carbocycles. The summed E-state index contributed by atoms with van der Waals surface area (Å²) in [6, 6.07) is 9.83. The van der Waals surface area contributed by atoms with Gasteiger partial charge in [0.15, 0.2) is 5.16 Å². The Morgan fingerprint density at radius 2 is 1.96 bits per heavy atom. The summed E-state index contributed by atoms with van der Waals surface area (Å²) in [5.41, 5.74) is 2.92. The van der Waals surface area contributed by atoms with Gasteiger partial charge in [0, 0.05) is 39.1 Å². The molecule has 0 fully saturated rings. The van der Waals surface area contributed by atoms with Crippen molar-refractivity contribution in [2.45, 2.75) is 18.1 Å². The predicted octanol–water partition coefficient (Wildman–Crippen LogP) is 2.70. The summed E-state index contributed by atoms with van der Waals surface area (Å²) in [5.74, 6) is -0.272. The van der Waals surface area contributed by atoms with Gasteiger partial charge in [-0.25, -0.2) is 4.98 Å². The molecule has 0 spiro atoms. The topological polar surface area (TPSA) is 75.3 Å². The lowest BCUT2D eigenvalue weighted by Crippen LogP contribution is -2.25. The Bertz CT molecular complexity index is 1030. The smallest absolute Gasteiger partial charge is 0.316 e. The number of carbonyl (C=O) groups excluding carboxylic acids is 1. The first-order valence-electron chi connectivity index (χ1n) is 8.90. The van der Waals surface area contributed by atoms with E-state index in [1.807, 2.05) is 48.1 Å². The third kappa shape index (κ3) is 4.13. The van der Waals surface area contributed by atoms with Crippen LogP contribution in [0.1, 0.15) is 6.42 Å². The van der Waals surface area contributed by atoms with Gasteiger partial charge >= 0.3 is 5.97 Å². The third-order valence-corrected chi connectivity index (χ3v) is 5.35. The van der Waals surface area contributed by atoms with Crippen LogP contribution in [0.2, 0.25) is 0 Å². The predicted molar refractivity (Wildman–Crippen MR) is 110 cm³/mol. The van der Waals surface area contributed by atoms with E-state index in [0.717, 1.165) is 11.1 Å². The van der Waals surface area contributed by atoms with Crippen molar-refractivity contribution in [1.29, 1.82) is 0 Å². The molecule has 148 valence electrons. The fourth-order valence-corrected chi connectivity index (χ4v) is 3.89. The molecule has 8 heteroatoms. The quantitative estimate of drug-likeness (QED) is 0.250. The highest BCUT2D eigenvalue weighted by Gasteiger charge is 2.19. The van der Waals surface area contributed by atoms with Crippen molar-refractivity contribution in [3.05, 3.63) is 46.9 Å². The summed E-state index contributed by atoms with van der Waals surface area (Å²) in [6.07, 6.45) is 2.59. The van der Waals surface area contributed by atoms with Gasteiger partial charge in [0.25, 0.3) is 5.56 Å². The number of nitrogens with zero attached hydrogens (tertiary/aromatic N) is 3. The number of fused-ring (bicyclic) bond motifs is 1. The second-order valence-corrected chi connectivity index (χ2v) is 7.22. The summed E-state index contributed by atoms with van der Waals surface area (Å²) in [7, 11) is 4.81. The molecule has 2 heterocycles. The average molecular weight is 401 g/mol. The van der Waals surface area contributed by atoms with E-state index >= 15 is 0 Å². The van der Waals surface area contributed by atoms with Crippen LogP contribution in [-0.4, -0.2) is 46.7 Å². The molecular weight excluding hydrogens is 378 g/mol. The van der Waals surface area contributed by atoms with E-state index in [9.17, 15) is 9.59 Å². The van der Waals surface area contributed by atoms with Gasteiger partial charge in [-0.2, -0.15) is 0 Å². The van der Waals surface area contributed by atoms with Crippen LogP contribution in [0, 0.1) is 0 Å². The SMILES string of the molecule is COCCCn1c(SCC(=O)OC)nc2c(-c3ccccc3)cn(C)c2c1=O. The van der Waals surface area contributed by atoms with E-state index < -0.39 is 0 Å². The highest BCUT2D eigenvalue weighted by molar-refractivity contribution is 7.99. The van der Waals surface area contributed by atoms with Crippen molar-refractivity contribution in [2.75, 3.05) is 26.6 Å². The number of hydrogen-bond donors (Lipinski definition) is 0. The van der Waals surface area contributed by atoms with E-state index in [-0.39, 0.29) is 17.3 Å². The molecule has 1 aromatic carbocycles. The van der Waals surface area contributed by atoms with Crippen LogP contribution in [0.25, 0.3) is 22.2 Å². The molecule has 0 radical (unpaired) electrons. The van der Waals surface area contributed by atoms with Gasteiger partial charge in [0.2, 0.25) is 0 Å². The minimum absolute atomic E-state index is 0.0895. The molecule has 7 nitrogen and oxygen atoms in total. The standard InChI is InChI=1S/C20H23N3O4S/c1-22-12-15(14-8-5-4-6-9-14)17-18(22)19(25)23(10-7-11-26-2)20(21-17)28-13-16(24)27-3/h4-6,8-9,12H,7,10-11,13H2,1-3H3. The van der Waals surface area contributed by atoms with Gasteiger partial charge in [-0.15, -0.1) is 0 Å². The molecule has 0 aliphatic rings. The molecule has 0 bridgehead atoms. The van der Waals surface area contributed by atoms with Gasteiger partial charge in [-0.1, -0.05) is 42.1 Å². The molecule has 0 aliphatic heterocycles. The Hall–Kier alpha value is -2.58. The first-order valence-corrected chi connectivity index (χ1v) is 9.89. The van der Waals surface area contributed by atoms with Gasteiger partial charge in [-0.05, 0) is 12.0 Å². The number of hydrogen-bond acceptors (Lipinski definition) is 6. The summed E-state index contributed by atoms with van der Waals surface area (Å²) >= 11 is 1.21. The van der Waals surface area contributed by atoms with Crippen LogP contribution in [0.15, 0.2) is 46.5 Å². The lowest BCUT2D eigenvalue weighted by molar-refractivity contribution is -0.137. The number of thioether (sulfide) groups is 1. The number of benzene rings is 1. The molecule has 0 saturated heterocycles. The summed E-state index contributed by atoms with van der Waals surface area (Å²) in [4.78, 5) is 29.6. The van der Waals surface area contributed by atoms with Gasteiger partial charge in [-0.3, -0.25) is 14.2 Å². The monoisotopic (exact) mass is 401 g/mol. The number of esters is 1. The van der Waals surface area contributed by atoms with Crippen LogP contribution < -0.4 is 5.56 Å². The lowest BCUT2D eigenvalue weighted by atomic mass is 10.1. The second-order valence-electron chi connectivity index (χ2n) is 6.28. The van der Waals surface area contributed by atoms with E-state index in [4.69, 9.17) is 14.5 Å². The molecular formula is C20H23N3O4S. The number of carbonyl (C=O) groups is 1. The zero-order valence-corrected chi connectivity index (χ0v) is 17.0. The summed E-state index contributed by atoms with van der Waals surface area (Å²) in [5, 5.41) is 0.502. The van der Waals surface area contributed by atoms with E-state index in [0.29, 0.717) is 35.8 Å². The molecule has 0 aliphatic carbocycles. The van der Waals surface area contributed by atoms with Crippen LogP contribution in [-0.2, 0) is 27.9 Å². The highest BCUT2D eigenvalue weighted by Crippen LogP contribution is 2.29. The van der Waals surface area contributed by atoms with Crippen molar-refractivity contribution in [3.8, 4) is 11.1 Å². The number of aryl methyl sites for hydroxylation is 1. The largest absolute Gasteiger partial charge is 0.468 e. The van der Waals surface area contributed by atoms with Crippen molar-refractivity contribution >= 4 is 28.8 Å². The van der Waals surface area contributed by atoms with E-state index in [1.165, 1.54) is 18.9 Å². The van der Waals surface area contributed by atoms with Crippen LogP contribution in [0.5, 0.6) is 0 Å². The molecule has 3 rings (SSSR count). The molecule has 0 N–H and O–H groups in total. The zero-order valence-electron chi connectivity index (χ0n) is 16.2. The van der Waals surface area contributed by atoms with Gasteiger partial charge in [0.1, 0.15) is 11.0 Å². The summed E-state index contributed by atoms with van der Waals surface area (Å²) in [6.45, 7) is 0.999. The Balaban J connectivity index is 2.14. The maximum absolute atomic E-state index is 13.3. The van der Waals surface area contributed by atoms with Crippen LogP contribution >= 0.6 is 11.8 Å². The number of aromatic nitrogens is 3. The van der Waals surface area contributed by atoms with Crippen molar-refractivity contribution in [1.82, 2.24) is 14.1 Å². The Labute approximate surface area is 167 Å². The minimum atomic E-state index is -0.362. The number of rotatable bonds is 8. The third-order valence-electron chi connectivity index (χ3n) is 4.40. The summed E-state index contributed by atoms with van der Waals surface area (Å²) < 4.78 is 13.3. The fraction of sp³-hybridized carbons (Fsp3) is 0.350. The second kappa shape index (κ2) is 9.07. The van der Waals surface area contributed by atoms with Crippen molar-refractivity contribution in [2.24, 2.45) is 7.05 Å². The van der Waals surface area contributed by atoms with Crippen LogP contribution in [0.3, 0.4) is 0 Å². The van der Waals surface area contributed by atoms with E-state index in [1.54, 1.807) is 11.7 Å². The number of ether oxygens (including phenoxy) is 2. The maximum atomic E-state index is 13.3. The van der Waals surface area contributed by atoms with Crippen LogP contribution in [0.4, 0.5) is 0 Å². The molecule has 0 amide bonds. The molecule has 0 atom stereocenters. The fourth-order valence-electron chi connectivity index (χ4n) is 3.04. The van der Waals surface area contributed by atoms with Gasteiger partial charge in [0.05, 0.1) is 12.9 Å². The Morgan fingerprint density at radius 3 is 2.64 bits per heavy atom. The minimum Gasteiger partial charge on any atom is -0.468 e. The van der Waals surface area contributed by atoms with Crippen molar-refractivity contribution < 1.29 is 14.3 Å². The lowest BCUT2D eigenvalue weighted by Gasteiger charge is -2.12. The van der Waals surface area contributed by atoms with E-state index in [2.05, 4.69) is 0 Å². The Kier molecular flexibility index (Phi) is 6.53. The molecule has 3 aromatic rings. The van der Waals surface area contributed by atoms with Gasteiger partial charge < -0.3 is 14.0 Å². The zero-order chi connectivity index (χ0) is 20.1. The molecule has 28 heavy (non-hydrogen) atoms. The highest BCUT2D eigenvalue weighted by atomic mass is 32.2. The average Bonchev–Trinajstić information content (AvgIpc) is 3.05. The first-order chi connectivity index (χ1) is 13.6. The molecule has 2 aromatic heterocycles. The van der Waals surface area contributed by atoms with Crippen molar-refractivity contribution in [3.63, 3.8) is 0 Å². The normalized spacial score (nSPS) is 11.1. The first kappa shape index (κ1) is 20.2. The Morgan fingerprint density at radius 1 is 1.21 bits per heavy atom.